The summed E-state index contributed by atoms with van der Waals surface area (Å²) < 4.78 is 0. The first-order valence-corrected chi connectivity index (χ1v) is 9.27. The van der Waals surface area contributed by atoms with Crippen LogP contribution in [0.1, 0.15) is 31.7 Å². The molecule has 1 heterocycles. The maximum atomic E-state index is 12.6. The van der Waals surface area contributed by atoms with Crippen LogP contribution in [0.15, 0.2) is 42.5 Å². The van der Waals surface area contributed by atoms with Crippen LogP contribution in [0.3, 0.4) is 0 Å². The summed E-state index contributed by atoms with van der Waals surface area (Å²) >= 11 is 11.9. The van der Waals surface area contributed by atoms with Crippen molar-refractivity contribution in [2.75, 3.05) is 16.8 Å². The number of halogens is 2. The minimum absolute atomic E-state index is 0.0348. The van der Waals surface area contributed by atoms with Gasteiger partial charge in [-0.3, -0.25) is 9.59 Å². The van der Waals surface area contributed by atoms with Crippen LogP contribution in [0.4, 0.5) is 11.4 Å². The highest BCUT2D eigenvalue weighted by atomic mass is 35.5. The number of nitrogens with zero attached hydrogens (tertiary/aromatic N) is 1. The number of anilines is 2. The third kappa shape index (κ3) is 3.87. The monoisotopic (exact) mass is 390 g/mol. The summed E-state index contributed by atoms with van der Waals surface area (Å²) in [6.07, 6.45) is 0.194. The summed E-state index contributed by atoms with van der Waals surface area (Å²) in [6.45, 7) is 4.55. The molecule has 1 aliphatic rings. The van der Waals surface area contributed by atoms with Crippen molar-refractivity contribution in [3.63, 3.8) is 0 Å². The number of para-hydroxylation sites is 1. The Labute approximate surface area is 163 Å². The van der Waals surface area contributed by atoms with Crippen molar-refractivity contribution < 1.29 is 9.59 Å². The van der Waals surface area contributed by atoms with Gasteiger partial charge in [-0.05, 0) is 35.7 Å². The summed E-state index contributed by atoms with van der Waals surface area (Å²) in [5.41, 5.74) is 2.56. The summed E-state index contributed by atoms with van der Waals surface area (Å²) in [5.74, 6) is -0.339. The van der Waals surface area contributed by atoms with Gasteiger partial charge in [0.1, 0.15) is 0 Å². The molecule has 1 N–H and O–H groups in total. The molecule has 1 aliphatic heterocycles. The lowest BCUT2D eigenvalue weighted by molar-refractivity contribution is -0.122. The minimum Gasteiger partial charge on any atom is -0.326 e. The van der Waals surface area contributed by atoms with Gasteiger partial charge in [-0.15, -0.1) is 0 Å². The van der Waals surface area contributed by atoms with Gasteiger partial charge in [0, 0.05) is 24.3 Å². The van der Waals surface area contributed by atoms with Gasteiger partial charge in [-0.1, -0.05) is 55.2 Å². The van der Waals surface area contributed by atoms with Crippen LogP contribution >= 0.6 is 23.2 Å². The zero-order valence-electron chi connectivity index (χ0n) is 14.6. The van der Waals surface area contributed by atoms with E-state index in [0.717, 1.165) is 11.3 Å². The van der Waals surface area contributed by atoms with E-state index in [1.54, 1.807) is 23.1 Å². The van der Waals surface area contributed by atoms with E-state index in [4.69, 9.17) is 23.2 Å². The van der Waals surface area contributed by atoms with Gasteiger partial charge < -0.3 is 10.2 Å². The summed E-state index contributed by atoms with van der Waals surface area (Å²) in [7, 11) is 0. The highest BCUT2D eigenvalue weighted by molar-refractivity contribution is 6.42. The highest BCUT2D eigenvalue weighted by Gasteiger charge is 2.36. The largest absolute Gasteiger partial charge is 0.326 e. The third-order valence-corrected chi connectivity index (χ3v) is 5.27. The quantitative estimate of drug-likeness (QED) is 0.788. The normalized spacial score (nSPS) is 17.0. The van der Waals surface area contributed by atoms with E-state index < -0.39 is 5.92 Å². The maximum Gasteiger partial charge on any atom is 0.229 e. The van der Waals surface area contributed by atoms with E-state index in [9.17, 15) is 9.59 Å². The van der Waals surface area contributed by atoms with Crippen LogP contribution in [-0.2, 0) is 9.59 Å². The molecular formula is C20H20Cl2N2O2. The van der Waals surface area contributed by atoms with E-state index in [0.29, 0.717) is 28.2 Å². The molecule has 1 fully saturated rings. The number of benzene rings is 2. The molecule has 0 spiro atoms. The molecule has 0 saturated carbocycles. The van der Waals surface area contributed by atoms with Crippen molar-refractivity contribution in [3.05, 3.63) is 58.1 Å². The molecule has 136 valence electrons. The van der Waals surface area contributed by atoms with Crippen LogP contribution in [0, 0.1) is 5.92 Å². The van der Waals surface area contributed by atoms with E-state index in [1.165, 1.54) is 0 Å². The molecule has 2 aromatic rings. The topological polar surface area (TPSA) is 49.4 Å². The van der Waals surface area contributed by atoms with Crippen molar-refractivity contribution in [1.29, 1.82) is 0 Å². The molecule has 1 atom stereocenters. The van der Waals surface area contributed by atoms with Gasteiger partial charge in [0.05, 0.1) is 16.0 Å². The fourth-order valence-electron chi connectivity index (χ4n) is 3.16. The molecule has 1 unspecified atom stereocenters. The Hall–Kier alpha value is -2.04. The van der Waals surface area contributed by atoms with Crippen molar-refractivity contribution >= 4 is 46.4 Å². The molecule has 4 nitrogen and oxygen atoms in total. The maximum absolute atomic E-state index is 12.6. The van der Waals surface area contributed by atoms with Gasteiger partial charge in [-0.2, -0.15) is 0 Å². The lowest BCUT2D eigenvalue weighted by Crippen LogP contribution is -2.29. The number of amides is 2. The average Bonchev–Trinajstić information content (AvgIpc) is 3.00. The Morgan fingerprint density at radius 1 is 1.15 bits per heavy atom. The van der Waals surface area contributed by atoms with E-state index in [1.807, 2.05) is 24.3 Å². The van der Waals surface area contributed by atoms with Crippen LogP contribution < -0.4 is 10.2 Å². The molecule has 1 saturated heterocycles. The Bertz CT molecular complexity index is 851. The van der Waals surface area contributed by atoms with Crippen molar-refractivity contribution in [2.24, 2.45) is 5.92 Å². The van der Waals surface area contributed by atoms with Gasteiger partial charge >= 0.3 is 0 Å². The van der Waals surface area contributed by atoms with Crippen molar-refractivity contribution in [2.45, 2.75) is 26.2 Å². The van der Waals surface area contributed by atoms with Crippen molar-refractivity contribution in [3.8, 4) is 0 Å². The second-order valence-electron chi connectivity index (χ2n) is 6.74. The van der Waals surface area contributed by atoms with E-state index in [2.05, 4.69) is 19.2 Å². The number of hydrogen-bond donors (Lipinski definition) is 1. The standard InChI is InChI=1S/C20H20Cl2N2O2/c1-12(2)15-5-3-4-6-18(15)24-11-13(9-19(24)25)20(26)23-14-7-8-16(21)17(22)10-14/h3-8,10,12-13H,9,11H2,1-2H3,(H,23,26). The first-order valence-electron chi connectivity index (χ1n) is 8.52. The number of hydrogen-bond acceptors (Lipinski definition) is 2. The second-order valence-corrected chi connectivity index (χ2v) is 7.55. The fourth-order valence-corrected chi connectivity index (χ4v) is 3.45. The molecule has 0 aromatic heterocycles. The van der Waals surface area contributed by atoms with Gasteiger partial charge in [-0.25, -0.2) is 0 Å². The molecule has 0 radical (unpaired) electrons. The van der Waals surface area contributed by atoms with Crippen LogP contribution in [0.25, 0.3) is 0 Å². The number of rotatable bonds is 4. The lowest BCUT2D eigenvalue weighted by atomic mass is 10.0. The van der Waals surface area contributed by atoms with E-state index >= 15 is 0 Å². The number of carbonyl (C=O) groups excluding carboxylic acids is 2. The number of carbonyl (C=O) groups is 2. The third-order valence-electron chi connectivity index (χ3n) is 4.53. The molecule has 2 amide bonds. The zero-order chi connectivity index (χ0) is 18.8. The Balaban J connectivity index is 1.75. The predicted octanol–water partition coefficient (Wildman–Crippen LogP) is 5.11. The molecule has 0 bridgehead atoms. The first kappa shape index (κ1) is 18.7. The SMILES string of the molecule is CC(C)c1ccccc1N1CC(C(=O)Nc2ccc(Cl)c(Cl)c2)CC1=O. The Morgan fingerprint density at radius 3 is 2.58 bits per heavy atom. The summed E-state index contributed by atoms with van der Waals surface area (Å²) in [5, 5.41) is 3.62. The second kappa shape index (κ2) is 7.68. The van der Waals surface area contributed by atoms with Gasteiger partial charge in [0.25, 0.3) is 0 Å². The van der Waals surface area contributed by atoms with Crippen molar-refractivity contribution in [1.82, 2.24) is 0 Å². The van der Waals surface area contributed by atoms with Crippen LogP contribution in [0.5, 0.6) is 0 Å². The minimum atomic E-state index is -0.405. The Kier molecular flexibility index (Phi) is 5.54. The molecular weight excluding hydrogens is 371 g/mol. The van der Waals surface area contributed by atoms with Gasteiger partial charge in [0.15, 0.2) is 0 Å². The fraction of sp³-hybridized carbons (Fsp3) is 0.300. The molecule has 2 aromatic carbocycles. The number of nitrogens with one attached hydrogen (secondary N) is 1. The lowest BCUT2D eigenvalue weighted by Gasteiger charge is -2.22. The van der Waals surface area contributed by atoms with Crippen LogP contribution in [0.2, 0.25) is 10.0 Å². The Morgan fingerprint density at radius 2 is 1.88 bits per heavy atom. The summed E-state index contributed by atoms with van der Waals surface area (Å²) in [6, 6.07) is 12.8. The first-order chi connectivity index (χ1) is 12.4. The molecule has 0 aliphatic carbocycles. The zero-order valence-corrected chi connectivity index (χ0v) is 16.1. The van der Waals surface area contributed by atoms with Crippen LogP contribution in [-0.4, -0.2) is 18.4 Å². The predicted molar refractivity (Wildman–Crippen MR) is 106 cm³/mol. The van der Waals surface area contributed by atoms with Gasteiger partial charge in [0.2, 0.25) is 11.8 Å². The molecule has 26 heavy (non-hydrogen) atoms. The van der Waals surface area contributed by atoms with E-state index in [-0.39, 0.29) is 18.2 Å². The average molecular weight is 391 g/mol. The molecule has 6 heteroatoms. The molecule has 3 rings (SSSR count). The smallest absolute Gasteiger partial charge is 0.229 e. The highest BCUT2D eigenvalue weighted by Crippen LogP contribution is 2.32. The summed E-state index contributed by atoms with van der Waals surface area (Å²) in [4.78, 5) is 26.8.